The summed E-state index contributed by atoms with van der Waals surface area (Å²) in [4.78, 5) is 75.7. The minimum atomic E-state index is -1.25. The van der Waals surface area contributed by atoms with Crippen LogP contribution in [0.5, 0.6) is 0 Å². The molecule has 0 radical (unpaired) electrons. The highest BCUT2D eigenvalue weighted by Gasteiger charge is 2.34. The molecule has 1 aliphatic rings. The van der Waals surface area contributed by atoms with E-state index in [4.69, 9.17) is 11.5 Å². The molecule has 0 spiro atoms. The minimum Gasteiger partial charge on any atom is -0.480 e. The zero-order valence-electron chi connectivity index (χ0n) is 22.9. The Balaban J connectivity index is 2.14. The fourth-order valence-corrected chi connectivity index (χ4v) is 4.49. The molecule has 0 aromatic heterocycles. The third-order valence-electron chi connectivity index (χ3n) is 6.56. The number of amides is 5. The molecule has 1 heterocycles. The highest BCUT2D eigenvalue weighted by Crippen LogP contribution is 2.17. The van der Waals surface area contributed by atoms with Crippen LogP contribution in [-0.4, -0.2) is 82.8 Å². The van der Waals surface area contributed by atoms with Crippen molar-refractivity contribution < 1.29 is 33.9 Å². The van der Waals surface area contributed by atoms with E-state index < -0.39 is 66.2 Å². The number of rotatable bonds is 15. The van der Waals surface area contributed by atoms with Crippen molar-refractivity contribution in [1.82, 2.24) is 20.9 Å². The molecule has 2 rings (SSSR count). The molecule has 220 valence electrons. The van der Waals surface area contributed by atoms with E-state index in [1.165, 1.54) is 4.90 Å². The number of hydrogen-bond acceptors (Lipinski definition) is 7. The molecule has 1 saturated heterocycles. The van der Waals surface area contributed by atoms with Gasteiger partial charge in [-0.25, -0.2) is 4.79 Å². The second kappa shape index (κ2) is 15.6. The van der Waals surface area contributed by atoms with Crippen LogP contribution < -0.4 is 27.4 Å². The van der Waals surface area contributed by atoms with Crippen LogP contribution in [0.1, 0.15) is 51.5 Å². The van der Waals surface area contributed by atoms with Gasteiger partial charge in [-0.15, -0.1) is 0 Å². The Hall–Kier alpha value is -4.00. The topological polar surface area (TPSA) is 214 Å². The van der Waals surface area contributed by atoms with E-state index in [0.717, 1.165) is 5.56 Å². The van der Waals surface area contributed by atoms with E-state index in [1.54, 1.807) is 24.3 Å². The van der Waals surface area contributed by atoms with Crippen molar-refractivity contribution in [2.24, 2.45) is 17.4 Å². The van der Waals surface area contributed by atoms with Gasteiger partial charge in [0.15, 0.2) is 0 Å². The molecule has 0 saturated carbocycles. The monoisotopic (exact) mass is 560 g/mol. The SMILES string of the molecule is CC(C)C[C@H](N)C(=O)N[C@@H](Cc1ccccc1)C(=O)N[C@@H](CCC(N)=O)C(=O)NCC(=O)N1CCC[C@H]1C(=O)O. The number of benzene rings is 1. The van der Waals surface area contributed by atoms with Crippen LogP contribution in [0.15, 0.2) is 30.3 Å². The van der Waals surface area contributed by atoms with Crippen LogP contribution in [0, 0.1) is 5.92 Å². The predicted octanol–water partition coefficient (Wildman–Crippen LogP) is -0.971. The fourth-order valence-electron chi connectivity index (χ4n) is 4.49. The van der Waals surface area contributed by atoms with E-state index in [1.807, 2.05) is 19.9 Å². The summed E-state index contributed by atoms with van der Waals surface area (Å²) in [6, 6.07) is 4.81. The molecular formula is C27H40N6O7. The lowest BCUT2D eigenvalue weighted by Gasteiger charge is -2.25. The van der Waals surface area contributed by atoms with Gasteiger partial charge in [0, 0.05) is 19.4 Å². The molecule has 0 aliphatic carbocycles. The second-order valence-electron chi connectivity index (χ2n) is 10.4. The Morgan fingerprint density at radius 2 is 1.65 bits per heavy atom. The van der Waals surface area contributed by atoms with Gasteiger partial charge in [0.05, 0.1) is 12.6 Å². The maximum Gasteiger partial charge on any atom is 0.326 e. The lowest BCUT2D eigenvalue weighted by atomic mass is 10.0. The summed E-state index contributed by atoms with van der Waals surface area (Å²) in [5.41, 5.74) is 12.0. The summed E-state index contributed by atoms with van der Waals surface area (Å²) in [6.45, 7) is 3.60. The number of nitrogens with one attached hydrogen (secondary N) is 3. The summed E-state index contributed by atoms with van der Waals surface area (Å²) >= 11 is 0. The van der Waals surface area contributed by atoms with E-state index in [-0.39, 0.29) is 31.7 Å². The van der Waals surface area contributed by atoms with Crippen LogP contribution in [0.4, 0.5) is 0 Å². The first kappa shape index (κ1) is 32.2. The van der Waals surface area contributed by atoms with Gasteiger partial charge >= 0.3 is 5.97 Å². The van der Waals surface area contributed by atoms with Crippen molar-refractivity contribution in [3.05, 3.63) is 35.9 Å². The maximum atomic E-state index is 13.3. The predicted molar refractivity (Wildman–Crippen MR) is 145 cm³/mol. The second-order valence-corrected chi connectivity index (χ2v) is 10.4. The summed E-state index contributed by atoms with van der Waals surface area (Å²) in [7, 11) is 0. The third-order valence-corrected chi connectivity index (χ3v) is 6.56. The number of nitrogens with two attached hydrogens (primary N) is 2. The van der Waals surface area contributed by atoms with Crippen molar-refractivity contribution in [2.75, 3.05) is 13.1 Å². The molecule has 1 aromatic carbocycles. The Morgan fingerprint density at radius 1 is 1.00 bits per heavy atom. The quantitative estimate of drug-likeness (QED) is 0.157. The largest absolute Gasteiger partial charge is 0.480 e. The van der Waals surface area contributed by atoms with Crippen LogP contribution >= 0.6 is 0 Å². The van der Waals surface area contributed by atoms with Crippen molar-refractivity contribution >= 4 is 35.5 Å². The standard InChI is InChI=1S/C27H40N6O7/c1-16(2)13-18(28)24(36)32-20(14-17-7-4-3-5-8-17)26(38)31-19(10-11-22(29)34)25(37)30-15-23(35)33-12-6-9-21(33)27(39)40/h3-5,7-8,16,18-21H,6,9-15,28H2,1-2H3,(H2,29,34)(H,30,37)(H,31,38)(H,32,36)(H,39,40)/t18-,19-,20-,21-/m0/s1. The van der Waals surface area contributed by atoms with Crippen LogP contribution in [0.25, 0.3) is 0 Å². The molecule has 1 aliphatic heterocycles. The number of carbonyl (C=O) groups is 6. The highest BCUT2D eigenvalue weighted by atomic mass is 16.4. The molecule has 13 heteroatoms. The first-order chi connectivity index (χ1) is 18.9. The van der Waals surface area contributed by atoms with E-state index >= 15 is 0 Å². The first-order valence-corrected chi connectivity index (χ1v) is 13.4. The zero-order valence-corrected chi connectivity index (χ0v) is 22.9. The number of likely N-dealkylation sites (tertiary alicyclic amines) is 1. The van der Waals surface area contributed by atoms with Crippen LogP contribution in [0.3, 0.4) is 0 Å². The molecule has 0 unspecified atom stereocenters. The normalized spacial score (nSPS) is 17.0. The summed E-state index contributed by atoms with van der Waals surface area (Å²) < 4.78 is 0. The van der Waals surface area contributed by atoms with Crippen molar-refractivity contribution in [3.63, 3.8) is 0 Å². The Morgan fingerprint density at radius 3 is 2.25 bits per heavy atom. The number of aliphatic carboxylic acids is 1. The average molecular weight is 561 g/mol. The minimum absolute atomic E-state index is 0.112. The molecule has 1 fully saturated rings. The average Bonchev–Trinajstić information content (AvgIpc) is 3.39. The van der Waals surface area contributed by atoms with Crippen molar-refractivity contribution in [3.8, 4) is 0 Å². The molecule has 8 N–H and O–H groups in total. The molecule has 13 nitrogen and oxygen atoms in total. The number of carbonyl (C=O) groups excluding carboxylic acids is 5. The van der Waals surface area contributed by atoms with Crippen LogP contribution in [0.2, 0.25) is 0 Å². The van der Waals surface area contributed by atoms with Gasteiger partial charge in [-0.3, -0.25) is 24.0 Å². The van der Waals surface area contributed by atoms with Gasteiger partial charge in [0.1, 0.15) is 18.1 Å². The van der Waals surface area contributed by atoms with Gasteiger partial charge in [-0.05, 0) is 37.2 Å². The summed E-state index contributed by atoms with van der Waals surface area (Å²) in [6.07, 6.45) is 0.991. The number of carboxylic acids is 1. The number of primary amides is 1. The van der Waals surface area contributed by atoms with Crippen molar-refractivity contribution in [2.45, 2.75) is 76.5 Å². The van der Waals surface area contributed by atoms with Crippen LogP contribution in [-0.2, 0) is 35.2 Å². The Kier molecular flexibility index (Phi) is 12.5. The van der Waals surface area contributed by atoms with Gasteiger partial charge in [0.2, 0.25) is 29.5 Å². The molecular weight excluding hydrogens is 520 g/mol. The Bertz CT molecular complexity index is 1060. The smallest absolute Gasteiger partial charge is 0.326 e. The molecule has 40 heavy (non-hydrogen) atoms. The highest BCUT2D eigenvalue weighted by molar-refractivity contribution is 5.95. The summed E-state index contributed by atoms with van der Waals surface area (Å²) in [5, 5.41) is 17.0. The first-order valence-electron chi connectivity index (χ1n) is 13.4. The van der Waals surface area contributed by atoms with Gasteiger partial charge < -0.3 is 37.4 Å². The van der Waals surface area contributed by atoms with Gasteiger partial charge in [-0.2, -0.15) is 0 Å². The number of nitrogens with zero attached hydrogens (tertiary/aromatic N) is 1. The summed E-state index contributed by atoms with van der Waals surface area (Å²) in [5.74, 6) is -4.20. The number of carboxylic acid groups (broad SMARTS) is 1. The fraction of sp³-hybridized carbons (Fsp3) is 0.556. The Labute approximate surface area is 233 Å². The lowest BCUT2D eigenvalue weighted by molar-refractivity contribution is -0.148. The third kappa shape index (κ3) is 10.3. The lowest BCUT2D eigenvalue weighted by Crippen LogP contribution is -2.57. The maximum absolute atomic E-state index is 13.3. The molecule has 1 aromatic rings. The van der Waals surface area contributed by atoms with Gasteiger partial charge in [0.25, 0.3) is 0 Å². The van der Waals surface area contributed by atoms with E-state index in [0.29, 0.717) is 19.3 Å². The molecule has 4 atom stereocenters. The molecule has 5 amide bonds. The number of hydrogen-bond donors (Lipinski definition) is 6. The zero-order chi connectivity index (χ0) is 29.8. The molecule has 0 bridgehead atoms. The van der Waals surface area contributed by atoms with Gasteiger partial charge in [-0.1, -0.05) is 44.2 Å². The van der Waals surface area contributed by atoms with E-state index in [2.05, 4.69) is 16.0 Å². The van der Waals surface area contributed by atoms with E-state index in [9.17, 15) is 33.9 Å². The van der Waals surface area contributed by atoms with Crippen molar-refractivity contribution in [1.29, 1.82) is 0 Å².